The number of likely N-dealkylation sites (N-methyl/N-ethyl adjacent to an activating group) is 3. The van der Waals surface area contributed by atoms with Crippen LogP contribution in [-0.2, 0) is 25.6 Å². The van der Waals surface area contributed by atoms with Gasteiger partial charge >= 0.3 is 6.01 Å². The smallest absolute Gasteiger partial charge is 0.353 e. The van der Waals surface area contributed by atoms with E-state index in [9.17, 15) is 37.1 Å². The monoisotopic (exact) mass is 964 g/mol. The highest BCUT2D eigenvalue weighted by Crippen LogP contribution is 2.47. The van der Waals surface area contributed by atoms with Gasteiger partial charge in [-0.05, 0) is 74.6 Å². The number of hydrazine groups is 1. The summed E-state index contributed by atoms with van der Waals surface area (Å²) in [5, 5.41) is 11.6. The lowest BCUT2D eigenvalue weighted by Gasteiger charge is -2.48. The molecule has 0 spiro atoms. The maximum absolute atomic E-state index is 13.7. The predicted molar refractivity (Wildman–Crippen MR) is 263 cm³/mol. The summed E-state index contributed by atoms with van der Waals surface area (Å²) in [5.74, 6) is -2.11. The summed E-state index contributed by atoms with van der Waals surface area (Å²) in [5.41, 5.74) is 5.28. The van der Waals surface area contributed by atoms with E-state index in [1.807, 2.05) is 53.0 Å². The van der Waals surface area contributed by atoms with Crippen LogP contribution in [0.2, 0.25) is 0 Å². The van der Waals surface area contributed by atoms with Gasteiger partial charge in [-0.15, -0.1) is 0 Å². The molecule has 1 atom stereocenters. The molecule has 68 heavy (non-hydrogen) atoms. The molecule has 2 heterocycles. The molecule has 3 N–H and O–H groups in total. The number of ether oxygens (including phenoxy) is 1. The van der Waals surface area contributed by atoms with Crippen molar-refractivity contribution in [1.29, 1.82) is 0 Å². The van der Waals surface area contributed by atoms with E-state index in [1.165, 1.54) is 52.3 Å². The van der Waals surface area contributed by atoms with E-state index in [-0.39, 0.29) is 29.6 Å². The number of pyridine rings is 1. The van der Waals surface area contributed by atoms with Crippen LogP contribution < -0.4 is 20.8 Å². The minimum absolute atomic E-state index is 0.0773. The number of methoxy groups -OCH3 is 1. The zero-order valence-corrected chi connectivity index (χ0v) is 43.4. The molecule has 1 saturated carbocycles. The normalized spacial score (nSPS) is 13.5. The highest BCUT2D eigenvalue weighted by molar-refractivity contribution is 5.98. The van der Waals surface area contributed by atoms with Gasteiger partial charge in [-0.2, -0.15) is 4.98 Å². The van der Waals surface area contributed by atoms with Crippen molar-refractivity contribution in [2.75, 3.05) is 68.5 Å². The van der Waals surface area contributed by atoms with E-state index in [0.717, 1.165) is 42.2 Å². The van der Waals surface area contributed by atoms with Gasteiger partial charge in [-0.25, -0.2) is 18.2 Å². The Morgan fingerprint density at radius 1 is 1.01 bits per heavy atom. The van der Waals surface area contributed by atoms with Crippen LogP contribution in [0, 0.1) is 11.7 Å². The summed E-state index contributed by atoms with van der Waals surface area (Å²) in [4.78, 5) is 65.0. The molecule has 3 amide bonds. The van der Waals surface area contributed by atoms with Gasteiger partial charge in [0, 0.05) is 84.8 Å². The summed E-state index contributed by atoms with van der Waals surface area (Å²) < 4.78 is 48.3. The maximum Gasteiger partial charge on any atom is 0.353 e. The van der Waals surface area contributed by atoms with Crippen molar-refractivity contribution in [1.82, 2.24) is 46.0 Å². The first-order chi connectivity index (χ1) is 32.1. The number of allylic oxidation sites excluding steroid dienone is 2. The van der Waals surface area contributed by atoms with E-state index < -0.39 is 30.1 Å². The number of benzene rings is 1. The van der Waals surface area contributed by atoms with Gasteiger partial charge in [0.2, 0.25) is 23.6 Å². The molecule has 4 rings (SSSR count). The van der Waals surface area contributed by atoms with Crippen molar-refractivity contribution in [2.24, 2.45) is 5.92 Å². The van der Waals surface area contributed by atoms with Gasteiger partial charge in [-0.1, -0.05) is 72.3 Å². The van der Waals surface area contributed by atoms with Crippen LogP contribution in [-0.4, -0.2) is 140 Å². The molecule has 384 valence electrons. The fourth-order valence-corrected chi connectivity index (χ4v) is 5.96. The second kappa shape index (κ2) is 34.7. The van der Waals surface area contributed by atoms with Gasteiger partial charge in [0.15, 0.2) is 6.29 Å². The molecular formula is C49H80F3N9O7. The van der Waals surface area contributed by atoms with Crippen LogP contribution in [0.15, 0.2) is 52.7 Å². The number of alkyl halides is 2. The third-order valence-corrected chi connectivity index (χ3v) is 10.3. The van der Waals surface area contributed by atoms with E-state index in [4.69, 9.17) is 9.26 Å². The Labute approximate surface area is 402 Å². The predicted octanol–water partition coefficient (Wildman–Crippen LogP) is 7.60. The third kappa shape index (κ3) is 24.0. The number of aromatic nitrogens is 3. The Morgan fingerprint density at radius 2 is 1.63 bits per heavy atom. The number of rotatable bonds is 18. The van der Waals surface area contributed by atoms with Crippen LogP contribution in [0.3, 0.4) is 0 Å². The van der Waals surface area contributed by atoms with Crippen LogP contribution in [0.5, 0.6) is 6.01 Å². The SMILES string of the molecule is C/C=C\C(=C/C)CN(CC(CC)c1ccc2ncc(F)cc2c1C=O)NC.CC.CC(=O)N(C)C1(C=O)CC(F)(F)C1.CCC(C)C.CNCC(=O)N(C)C.COc1noc(CCNC(C)=O)n1. The second-order valence-electron chi connectivity index (χ2n) is 16.0. The minimum Gasteiger partial charge on any atom is -0.465 e. The quantitative estimate of drug-likeness (QED) is 0.0642. The number of hydrogen-bond acceptors (Lipinski definition) is 13. The zero-order valence-electron chi connectivity index (χ0n) is 43.4. The fraction of sp³-hybridized carbons (Fsp3) is 0.592. The lowest BCUT2D eigenvalue weighted by Crippen LogP contribution is -2.63. The van der Waals surface area contributed by atoms with Crippen molar-refractivity contribution in [2.45, 2.75) is 119 Å². The Hall–Kier alpha value is -5.53. The molecule has 1 aliphatic rings. The van der Waals surface area contributed by atoms with Gasteiger partial charge < -0.3 is 34.5 Å². The minimum atomic E-state index is -2.80. The number of carbonyl (C=O) groups excluding carboxylic acids is 5. The summed E-state index contributed by atoms with van der Waals surface area (Å²) in [6.45, 7) is 21.9. The summed E-state index contributed by atoms with van der Waals surface area (Å²) in [6.07, 6.45) is 10.2. The van der Waals surface area contributed by atoms with E-state index in [0.29, 0.717) is 48.2 Å². The lowest BCUT2D eigenvalue weighted by molar-refractivity contribution is -0.179. The zero-order chi connectivity index (χ0) is 52.6. The first-order valence-corrected chi connectivity index (χ1v) is 22.9. The van der Waals surface area contributed by atoms with Crippen LogP contribution >= 0.6 is 0 Å². The number of hydrogen-bond donors (Lipinski definition) is 3. The topological polar surface area (TPSA) is 192 Å². The summed E-state index contributed by atoms with van der Waals surface area (Å²) >= 11 is 0. The van der Waals surface area contributed by atoms with Crippen molar-refractivity contribution in [3.8, 4) is 6.01 Å². The number of nitrogens with one attached hydrogen (secondary N) is 3. The Morgan fingerprint density at radius 3 is 2.03 bits per heavy atom. The molecule has 3 aromatic rings. The molecule has 16 nitrogen and oxygen atoms in total. The van der Waals surface area contributed by atoms with E-state index >= 15 is 0 Å². The highest BCUT2D eigenvalue weighted by Gasteiger charge is 2.59. The molecule has 1 unspecified atom stereocenters. The Balaban J connectivity index is 0. The second-order valence-corrected chi connectivity index (χ2v) is 16.0. The number of amides is 3. The standard InChI is InChI=1S/C22H28FN3O.C8H11F2NO2.C7H11N3O3.C5H12N2O.C5H12.C2H6/c1-5-8-16(6-2)13-26(24-4)14-17(7-3)19-9-10-22-20(21(19)15-27)11-18(23)12-25-22;1-6(13)11(2)7(5-12)3-8(9,10)4-7;1-5(11)8-4-3-6-9-7(12-2)10-13-6;1-6-4-5(8)7(2)3;1-4-5(2)3;1-2/h5-6,8-12,15,17,24H,7,13-14H2,1-4H3;5H,3-4H2,1-2H3;3-4H2,1-2H3,(H,8,11);6H,4H2,1-3H3;5H,4H2,1-3H3;1-2H3/b8-5-,16-6+;;;;;. The number of fused-ring (bicyclic) bond motifs is 1. The van der Waals surface area contributed by atoms with Gasteiger partial charge in [0.25, 0.3) is 5.92 Å². The number of aldehydes is 2. The number of nitrogens with zero attached hydrogens (tertiary/aromatic N) is 6. The Bertz CT molecular complexity index is 2000. The van der Waals surface area contributed by atoms with Crippen LogP contribution in [0.1, 0.15) is 123 Å². The molecule has 1 fully saturated rings. The first-order valence-electron chi connectivity index (χ1n) is 22.9. The van der Waals surface area contributed by atoms with E-state index in [1.54, 1.807) is 26.0 Å². The summed E-state index contributed by atoms with van der Waals surface area (Å²) in [6, 6.07) is 5.40. The molecule has 1 aliphatic carbocycles. The average molecular weight is 964 g/mol. The van der Waals surface area contributed by atoms with Gasteiger partial charge in [-0.3, -0.25) is 29.6 Å². The maximum atomic E-state index is 13.7. The molecule has 0 bridgehead atoms. The first kappa shape index (κ1) is 64.6. The molecule has 0 radical (unpaired) electrons. The number of carbonyl (C=O) groups is 5. The highest BCUT2D eigenvalue weighted by atomic mass is 19.3. The van der Waals surface area contributed by atoms with Gasteiger partial charge in [0.1, 0.15) is 17.6 Å². The van der Waals surface area contributed by atoms with Crippen LogP contribution in [0.25, 0.3) is 10.9 Å². The Kier molecular flexibility index (Phi) is 33.0. The number of halogens is 3. The molecule has 1 aromatic carbocycles. The fourth-order valence-electron chi connectivity index (χ4n) is 5.96. The average Bonchev–Trinajstić information content (AvgIpc) is 3.77. The third-order valence-electron chi connectivity index (χ3n) is 10.3. The molecular weight excluding hydrogens is 884 g/mol. The van der Waals surface area contributed by atoms with Crippen molar-refractivity contribution in [3.05, 3.63) is 71.0 Å². The van der Waals surface area contributed by atoms with Crippen molar-refractivity contribution in [3.63, 3.8) is 0 Å². The molecule has 19 heteroatoms. The molecule has 2 aromatic heterocycles. The van der Waals surface area contributed by atoms with Gasteiger partial charge in [0.05, 0.1) is 25.4 Å². The lowest BCUT2D eigenvalue weighted by atomic mass is 9.73. The largest absolute Gasteiger partial charge is 0.465 e. The van der Waals surface area contributed by atoms with E-state index in [2.05, 4.69) is 76.0 Å². The molecule has 0 saturated heterocycles. The summed E-state index contributed by atoms with van der Waals surface area (Å²) in [7, 11) is 9.95. The molecule has 0 aliphatic heterocycles. The van der Waals surface area contributed by atoms with Crippen molar-refractivity contribution >= 4 is 41.2 Å². The van der Waals surface area contributed by atoms with Crippen molar-refractivity contribution < 1.29 is 46.4 Å². The van der Waals surface area contributed by atoms with Crippen LogP contribution in [0.4, 0.5) is 13.2 Å².